The van der Waals surface area contributed by atoms with E-state index in [4.69, 9.17) is 4.74 Å². The molecule has 1 fully saturated rings. The van der Waals surface area contributed by atoms with Crippen molar-refractivity contribution in [3.63, 3.8) is 0 Å². The number of carbonyl (C=O) groups excluding carboxylic acids is 1. The molecule has 0 aromatic heterocycles. The lowest BCUT2D eigenvalue weighted by atomic mass is 10.0. The quantitative estimate of drug-likeness (QED) is 0.790. The molecule has 0 aliphatic carbocycles. The van der Waals surface area contributed by atoms with Crippen LogP contribution in [0.4, 0.5) is 5.69 Å². The second-order valence-electron chi connectivity index (χ2n) is 7.08. The second kappa shape index (κ2) is 9.65. The molecule has 2 aromatic carbocycles. The number of rotatable bonds is 7. The van der Waals surface area contributed by atoms with Crippen LogP contribution >= 0.6 is 0 Å². The third-order valence-corrected chi connectivity index (χ3v) is 4.89. The highest BCUT2D eigenvalue weighted by atomic mass is 16.5. The molecular formula is C22H29N3O2. The van der Waals surface area contributed by atoms with Gasteiger partial charge in [0.15, 0.2) is 0 Å². The Hall–Kier alpha value is -2.21. The molecule has 1 aliphatic heterocycles. The number of nitrogens with one attached hydrogen (secondary N) is 2. The van der Waals surface area contributed by atoms with E-state index in [1.54, 1.807) is 0 Å². The largest absolute Gasteiger partial charge is 0.379 e. The smallest absolute Gasteiger partial charge is 0.221 e. The zero-order valence-electron chi connectivity index (χ0n) is 16.2. The van der Waals surface area contributed by atoms with Gasteiger partial charge in [-0.05, 0) is 30.2 Å². The average Bonchev–Trinajstić information content (AvgIpc) is 2.68. The van der Waals surface area contributed by atoms with Gasteiger partial charge in [0, 0.05) is 44.8 Å². The van der Waals surface area contributed by atoms with Gasteiger partial charge < -0.3 is 15.4 Å². The molecule has 0 spiro atoms. The molecule has 0 unspecified atom stereocenters. The van der Waals surface area contributed by atoms with Crippen LogP contribution in [-0.2, 0) is 16.1 Å². The summed E-state index contributed by atoms with van der Waals surface area (Å²) in [7, 11) is 0. The van der Waals surface area contributed by atoms with Crippen LogP contribution in [0.15, 0.2) is 48.5 Å². The maximum absolute atomic E-state index is 11.1. The van der Waals surface area contributed by atoms with Crippen molar-refractivity contribution < 1.29 is 9.53 Å². The number of carbonyl (C=O) groups is 1. The van der Waals surface area contributed by atoms with Crippen LogP contribution in [0.3, 0.4) is 0 Å². The summed E-state index contributed by atoms with van der Waals surface area (Å²) in [4.78, 5) is 13.6. The topological polar surface area (TPSA) is 53.6 Å². The van der Waals surface area contributed by atoms with Crippen molar-refractivity contribution in [1.82, 2.24) is 10.2 Å². The molecule has 3 rings (SSSR count). The first-order valence-electron chi connectivity index (χ1n) is 9.57. The number of morpholine rings is 1. The molecule has 2 aromatic rings. The van der Waals surface area contributed by atoms with Crippen LogP contribution in [0.1, 0.15) is 29.7 Å². The lowest BCUT2D eigenvalue weighted by molar-refractivity contribution is -0.114. The Bertz CT molecular complexity index is 722. The lowest BCUT2D eigenvalue weighted by Crippen LogP contribution is -2.42. The number of anilines is 1. The molecule has 0 bridgehead atoms. The second-order valence-corrected chi connectivity index (χ2v) is 7.08. The molecule has 27 heavy (non-hydrogen) atoms. The van der Waals surface area contributed by atoms with E-state index in [0.717, 1.165) is 45.1 Å². The Morgan fingerprint density at radius 1 is 1.07 bits per heavy atom. The number of benzene rings is 2. The number of amides is 1. The zero-order valence-corrected chi connectivity index (χ0v) is 16.2. The first-order chi connectivity index (χ1) is 13.1. The molecule has 5 nitrogen and oxygen atoms in total. The van der Waals surface area contributed by atoms with Gasteiger partial charge in [0.2, 0.25) is 5.91 Å². The molecule has 1 amide bonds. The van der Waals surface area contributed by atoms with Crippen molar-refractivity contribution in [2.24, 2.45) is 0 Å². The molecule has 1 aliphatic rings. The summed E-state index contributed by atoms with van der Waals surface area (Å²) in [5, 5.41) is 6.40. The number of ether oxygens (including phenoxy) is 1. The molecule has 0 saturated carbocycles. The van der Waals surface area contributed by atoms with E-state index in [0.29, 0.717) is 6.04 Å². The highest BCUT2D eigenvalue weighted by molar-refractivity contribution is 5.88. The van der Waals surface area contributed by atoms with E-state index in [9.17, 15) is 4.79 Å². The van der Waals surface area contributed by atoms with Gasteiger partial charge in [-0.15, -0.1) is 0 Å². The van der Waals surface area contributed by atoms with Gasteiger partial charge in [-0.3, -0.25) is 9.69 Å². The Kier molecular flexibility index (Phi) is 6.98. The van der Waals surface area contributed by atoms with Crippen LogP contribution in [0.25, 0.3) is 0 Å². The van der Waals surface area contributed by atoms with E-state index >= 15 is 0 Å². The highest BCUT2D eigenvalue weighted by Crippen LogP contribution is 2.22. The van der Waals surface area contributed by atoms with Crippen molar-refractivity contribution in [2.75, 3.05) is 38.2 Å². The summed E-state index contributed by atoms with van der Waals surface area (Å²) in [6, 6.07) is 17.2. The van der Waals surface area contributed by atoms with Gasteiger partial charge >= 0.3 is 0 Å². The fourth-order valence-corrected chi connectivity index (χ4v) is 3.40. The Balaban J connectivity index is 1.60. The highest BCUT2D eigenvalue weighted by Gasteiger charge is 2.22. The minimum atomic E-state index is -0.0488. The average molecular weight is 367 g/mol. The third-order valence-electron chi connectivity index (χ3n) is 4.89. The molecule has 0 radical (unpaired) electrons. The van der Waals surface area contributed by atoms with Gasteiger partial charge in [-0.2, -0.15) is 0 Å². The molecule has 1 atom stereocenters. The van der Waals surface area contributed by atoms with Crippen molar-refractivity contribution in [1.29, 1.82) is 0 Å². The fourth-order valence-electron chi connectivity index (χ4n) is 3.40. The van der Waals surface area contributed by atoms with Gasteiger partial charge in [0.05, 0.1) is 13.2 Å². The van der Waals surface area contributed by atoms with Crippen LogP contribution in [0, 0.1) is 6.92 Å². The minimum Gasteiger partial charge on any atom is -0.379 e. The van der Waals surface area contributed by atoms with Crippen LogP contribution in [0.2, 0.25) is 0 Å². The maximum Gasteiger partial charge on any atom is 0.221 e. The first kappa shape index (κ1) is 19.5. The van der Waals surface area contributed by atoms with Crippen molar-refractivity contribution >= 4 is 11.6 Å². The monoisotopic (exact) mass is 367 g/mol. The standard InChI is InChI=1S/C22H29N3O2/c1-17-3-7-20(8-4-17)22(25-11-13-27-14-12-25)16-23-15-19-5-9-21(10-6-19)24-18(2)26/h3-10,22-23H,11-16H2,1-2H3,(H,24,26)/t22-/m1/s1. The van der Waals surface area contributed by atoms with E-state index in [1.807, 2.05) is 24.3 Å². The van der Waals surface area contributed by atoms with Crippen molar-refractivity contribution in [3.8, 4) is 0 Å². The van der Waals surface area contributed by atoms with Gasteiger partial charge in [0.25, 0.3) is 0 Å². The number of aryl methyl sites for hydroxylation is 1. The van der Waals surface area contributed by atoms with Crippen molar-refractivity contribution in [2.45, 2.75) is 26.4 Å². The van der Waals surface area contributed by atoms with E-state index in [-0.39, 0.29) is 5.91 Å². The van der Waals surface area contributed by atoms with Gasteiger partial charge in [0.1, 0.15) is 0 Å². The Morgan fingerprint density at radius 3 is 2.37 bits per heavy atom. The summed E-state index contributed by atoms with van der Waals surface area (Å²) in [6.45, 7) is 8.85. The molecule has 1 heterocycles. The van der Waals surface area contributed by atoms with E-state index < -0.39 is 0 Å². The Morgan fingerprint density at radius 2 is 1.74 bits per heavy atom. The molecule has 144 valence electrons. The lowest BCUT2D eigenvalue weighted by Gasteiger charge is -2.35. The molecule has 2 N–H and O–H groups in total. The predicted molar refractivity (Wildman–Crippen MR) is 109 cm³/mol. The van der Waals surface area contributed by atoms with Gasteiger partial charge in [-0.25, -0.2) is 0 Å². The third kappa shape index (κ3) is 5.89. The van der Waals surface area contributed by atoms with Crippen LogP contribution in [-0.4, -0.2) is 43.7 Å². The van der Waals surface area contributed by atoms with E-state index in [2.05, 4.69) is 46.7 Å². The molecular weight excluding hydrogens is 338 g/mol. The van der Waals surface area contributed by atoms with E-state index in [1.165, 1.54) is 23.6 Å². The minimum absolute atomic E-state index is 0.0488. The molecule has 5 heteroatoms. The van der Waals surface area contributed by atoms with Crippen molar-refractivity contribution in [3.05, 3.63) is 65.2 Å². The summed E-state index contributed by atoms with van der Waals surface area (Å²) >= 11 is 0. The number of hydrogen-bond donors (Lipinski definition) is 2. The maximum atomic E-state index is 11.1. The first-order valence-corrected chi connectivity index (χ1v) is 9.57. The summed E-state index contributed by atoms with van der Waals surface area (Å²) in [5.74, 6) is -0.0488. The summed E-state index contributed by atoms with van der Waals surface area (Å²) in [5.41, 5.74) is 4.66. The number of nitrogens with zero attached hydrogens (tertiary/aromatic N) is 1. The molecule has 1 saturated heterocycles. The predicted octanol–water partition coefficient (Wildman–Crippen LogP) is 3.12. The normalized spacial score (nSPS) is 16.1. The number of hydrogen-bond acceptors (Lipinski definition) is 4. The van der Waals surface area contributed by atoms with Crippen LogP contribution in [0.5, 0.6) is 0 Å². The summed E-state index contributed by atoms with van der Waals surface area (Å²) < 4.78 is 5.53. The summed E-state index contributed by atoms with van der Waals surface area (Å²) in [6.07, 6.45) is 0. The fraction of sp³-hybridized carbons (Fsp3) is 0.409. The Labute approximate surface area is 161 Å². The van der Waals surface area contributed by atoms with Gasteiger partial charge in [-0.1, -0.05) is 42.0 Å². The SMILES string of the molecule is CC(=O)Nc1ccc(CNC[C@H](c2ccc(C)cc2)N2CCOCC2)cc1. The van der Waals surface area contributed by atoms with Crippen LogP contribution < -0.4 is 10.6 Å². The zero-order chi connectivity index (χ0) is 19.1.